The Morgan fingerprint density at radius 3 is 2.29 bits per heavy atom. The number of thioether (sulfide) groups is 2. The summed E-state index contributed by atoms with van der Waals surface area (Å²) in [7, 11) is 0. The van der Waals surface area contributed by atoms with E-state index in [1.165, 1.54) is 0 Å². The number of benzene rings is 1. The number of ether oxygens (including phenoxy) is 1. The van der Waals surface area contributed by atoms with Gasteiger partial charge in [0.1, 0.15) is 5.75 Å². The van der Waals surface area contributed by atoms with Crippen LogP contribution in [0.3, 0.4) is 0 Å². The summed E-state index contributed by atoms with van der Waals surface area (Å²) >= 11 is 3.17. The number of allylic oxidation sites excluding steroid dienone is 1. The molecule has 0 saturated heterocycles. The van der Waals surface area contributed by atoms with Crippen LogP contribution in [0.2, 0.25) is 0 Å². The molecule has 0 heterocycles. The third-order valence-corrected chi connectivity index (χ3v) is 4.14. The SMILES string of the molecule is CCOc1ccc(C(=O)C=C(SC)SC)cc1. The lowest BCUT2D eigenvalue weighted by Gasteiger charge is -2.03. The molecule has 0 spiro atoms. The Labute approximate surface area is 111 Å². The van der Waals surface area contributed by atoms with E-state index in [1.54, 1.807) is 41.7 Å². The van der Waals surface area contributed by atoms with Crippen molar-refractivity contribution in [2.24, 2.45) is 0 Å². The van der Waals surface area contributed by atoms with Gasteiger partial charge in [0.15, 0.2) is 5.78 Å². The van der Waals surface area contributed by atoms with Gasteiger partial charge in [0.25, 0.3) is 0 Å². The van der Waals surface area contributed by atoms with Crippen LogP contribution in [-0.4, -0.2) is 24.9 Å². The van der Waals surface area contributed by atoms with Gasteiger partial charge in [-0.2, -0.15) is 0 Å². The molecule has 2 nitrogen and oxygen atoms in total. The van der Waals surface area contributed by atoms with Crippen molar-refractivity contribution in [2.75, 3.05) is 19.1 Å². The zero-order valence-corrected chi connectivity index (χ0v) is 11.9. The molecule has 0 aliphatic rings. The summed E-state index contributed by atoms with van der Waals surface area (Å²) in [5.41, 5.74) is 0.689. The van der Waals surface area contributed by atoms with Crippen molar-refractivity contribution in [3.8, 4) is 5.75 Å². The van der Waals surface area contributed by atoms with Crippen molar-refractivity contribution in [1.29, 1.82) is 0 Å². The highest BCUT2D eigenvalue weighted by Gasteiger charge is 2.04. The first-order valence-electron chi connectivity index (χ1n) is 5.28. The Kier molecular flexibility index (Phi) is 6.22. The van der Waals surface area contributed by atoms with Crippen LogP contribution in [0.25, 0.3) is 0 Å². The van der Waals surface area contributed by atoms with Gasteiger partial charge >= 0.3 is 0 Å². The maximum Gasteiger partial charge on any atom is 0.187 e. The van der Waals surface area contributed by atoms with Crippen LogP contribution in [0.5, 0.6) is 5.75 Å². The molecule has 0 amide bonds. The summed E-state index contributed by atoms with van der Waals surface area (Å²) in [5, 5.41) is 0. The van der Waals surface area contributed by atoms with E-state index in [0.29, 0.717) is 12.2 Å². The van der Waals surface area contributed by atoms with E-state index >= 15 is 0 Å². The minimum absolute atomic E-state index is 0.0340. The Morgan fingerprint density at radius 1 is 1.24 bits per heavy atom. The minimum Gasteiger partial charge on any atom is -0.494 e. The zero-order chi connectivity index (χ0) is 12.7. The molecule has 92 valence electrons. The van der Waals surface area contributed by atoms with Crippen molar-refractivity contribution < 1.29 is 9.53 Å². The Hall–Kier alpha value is -0.870. The molecule has 4 heteroatoms. The normalized spacial score (nSPS) is 9.82. The lowest BCUT2D eigenvalue weighted by molar-refractivity contribution is 0.104. The molecule has 0 atom stereocenters. The third-order valence-electron chi connectivity index (χ3n) is 2.10. The van der Waals surface area contributed by atoms with Crippen molar-refractivity contribution in [2.45, 2.75) is 6.92 Å². The quantitative estimate of drug-likeness (QED) is 0.578. The predicted molar refractivity (Wildman–Crippen MR) is 77.1 cm³/mol. The molecule has 0 radical (unpaired) electrons. The summed E-state index contributed by atoms with van der Waals surface area (Å²) < 4.78 is 6.35. The van der Waals surface area contributed by atoms with Gasteiger partial charge in [-0.3, -0.25) is 4.79 Å². The molecular formula is C13H16O2S2. The first kappa shape index (κ1) is 14.2. The van der Waals surface area contributed by atoms with E-state index in [4.69, 9.17) is 4.74 Å². The monoisotopic (exact) mass is 268 g/mol. The number of carbonyl (C=O) groups is 1. The number of hydrogen-bond acceptors (Lipinski definition) is 4. The molecule has 0 fully saturated rings. The third kappa shape index (κ3) is 4.48. The first-order chi connectivity index (χ1) is 8.21. The Morgan fingerprint density at radius 2 is 1.82 bits per heavy atom. The predicted octanol–water partition coefficient (Wildman–Crippen LogP) is 3.84. The summed E-state index contributed by atoms with van der Waals surface area (Å²) in [5.74, 6) is 0.828. The van der Waals surface area contributed by atoms with E-state index in [0.717, 1.165) is 9.99 Å². The highest BCUT2D eigenvalue weighted by Crippen LogP contribution is 2.24. The van der Waals surface area contributed by atoms with Gasteiger partial charge in [0.05, 0.1) is 6.61 Å². The van der Waals surface area contributed by atoms with E-state index in [9.17, 15) is 4.79 Å². The van der Waals surface area contributed by atoms with Crippen molar-refractivity contribution in [3.05, 3.63) is 40.1 Å². The molecule has 0 saturated carbocycles. The second-order valence-electron chi connectivity index (χ2n) is 3.19. The molecule has 1 rings (SSSR count). The number of ketones is 1. The number of rotatable bonds is 6. The van der Waals surface area contributed by atoms with E-state index < -0.39 is 0 Å². The van der Waals surface area contributed by atoms with Gasteiger partial charge in [-0.25, -0.2) is 0 Å². The van der Waals surface area contributed by atoms with Crippen LogP contribution < -0.4 is 4.74 Å². The van der Waals surface area contributed by atoms with Crippen LogP contribution in [0.4, 0.5) is 0 Å². The van der Waals surface area contributed by atoms with Gasteiger partial charge in [0, 0.05) is 15.9 Å². The van der Waals surface area contributed by atoms with E-state index in [1.807, 2.05) is 31.6 Å². The highest BCUT2D eigenvalue weighted by atomic mass is 32.2. The fraction of sp³-hybridized carbons (Fsp3) is 0.308. The van der Waals surface area contributed by atoms with Crippen LogP contribution in [0, 0.1) is 0 Å². The largest absolute Gasteiger partial charge is 0.494 e. The molecule has 17 heavy (non-hydrogen) atoms. The molecule has 0 bridgehead atoms. The molecule has 0 N–H and O–H groups in total. The second-order valence-corrected chi connectivity index (χ2v) is 5.15. The zero-order valence-electron chi connectivity index (χ0n) is 10.2. The van der Waals surface area contributed by atoms with E-state index in [2.05, 4.69) is 0 Å². The smallest absolute Gasteiger partial charge is 0.187 e. The van der Waals surface area contributed by atoms with Gasteiger partial charge in [-0.15, -0.1) is 23.5 Å². The topological polar surface area (TPSA) is 26.3 Å². The van der Waals surface area contributed by atoms with Crippen LogP contribution >= 0.6 is 23.5 Å². The van der Waals surface area contributed by atoms with Crippen molar-refractivity contribution >= 4 is 29.3 Å². The summed E-state index contributed by atoms with van der Waals surface area (Å²) in [4.78, 5) is 11.9. The first-order valence-corrected chi connectivity index (χ1v) is 7.73. The van der Waals surface area contributed by atoms with Gasteiger partial charge in [-0.1, -0.05) is 0 Å². The van der Waals surface area contributed by atoms with Crippen molar-refractivity contribution in [1.82, 2.24) is 0 Å². The van der Waals surface area contributed by atoms with Crippen molar-refractivity contribution in [3.63, 3.8) is 0 Å². The van der Waals surface area contributed by atoms with Gasteiger partial charge in [0.2, 0.25) is 0 Å². The highest BCUT2D eigenvalue weighted by molar-refractivity contribution is 8.21. The fourth-order valence-corrected chi connectivity index (χ4v) is 2.39. The van der Waals surface area contributed by atoms with E-state index in [-0.39, 0.29) is 5.78 Å². The maximum absolute atomic E-state index is 11.9. The summed E-state index contributed by atoms with van der Waals surface area (Å²) in [6.45, 7) is 2.57. The lowest BCUT2D eigenvalue weighted by Crippen LogP contribution is -1.96. The van der Waals surface area contributed by atoms with Gasteiger partial charge < -0.3 is 4.74 Å². The fourth-order valence-electron chi connectivity index (χ4n) is 1.27. The second kappa shape index (κ2) is 7.45. The average molecular weight is 268 g/mol. The number of hydrogen-bond donors (Lipinski definition) is 0. The molecule has 0 aliphatic carbocycles. The number of carbonyl (C=O) groups excluding carboxylic acids is 1. The lowest BCUT2D eigenvalue weighted by atomic mass is 10.1. The van der Waals surface area contributed by atoms with Gasteiger partial charge in [-0.05, 0) is 43.7 Å². The summed E-state index contributed by atoms with van der Waals surface area (Å²) in [6, 6.07) is 7.23. The molecule has 1 aromatic rings. The molecule has 0 aromatic heterocycles. The molecule has 1 aromatic carbocycles. The van der Waals surface area contributed by atoms with Crippen LogP contribution in [0.15, 0.2) is 34.6 Å². The molecular weight excluding hydrogens is 252 g/mol. The Balaban J connectivity index is 2.79. The van der Waals surface area contributed by atoms with Crippen LogP contribution in [0.1, 0.15) is 17.3 Å². The molecule has 0 aliphatic heterocycles. The standard InChI is InChI=1S/C13H16O2S2/c1-4-15-11-7-5-10(6-8-11)12(14)9-13(16-2)17-3/h5-9H,4H2,1-3H3. The van der Waals surface area contributed by atoms with Crippen LogP contribution in [-0.2, 0) is 0 Å². The summed E-state index contributed by atoms with van der Waals surface area (Å²) in [6.07, 6.45) is 5.60. The molecule has 0 unspecified atom stereocenters. The average Bonchev–Trinajstić information content (AvgIpc) is 2.37. The minimum atomic E-state index is 0.0340. The maximum atomic E-state index is 11.9. The Bertz CT molecular complexity index is 390.